The topological polar surface area (TPSA) is 88.7 Å². The molecule has 0 aliphatic carbocycles. The molecule has 3 rings (SSSR count). The van der Waals surface area contributed by atoms with E-state index in [1.807, 2.05) is 42.1 Å². The van der Waals surface area contributed by atoms with E-state index in [9.17, 15) is 4.79 Å². The first kappa shape index (κ1) is 13.8. The molecule has 110 valence electrons. The average Bonchev–Trinajstić information content (AvgIpc) is 3.08. The third-order valence-electron chi connectivity index (χ3n) is 3.47. The Balaban J connectivity index is 2.01. The first-order valence-corrected chi connectivity index (χ1v) is 6.73. The van der Waals surface area contributed by atoms with Crippen molar-refractivity contribution < 1.29 is 4.79 Å². The van der Waals surface area contributed by atoms with E-state index in [0.29, 0.717) is 11.5 Å². The van der Waals surface area contributed by atoms with Crippen LogP contribution in [0.4, 0.5) is 5.82 Å². The summed E-state index contributed by atoms with van der Waals surface area (Å²) in [5, 5.41) is 10.6. The van der Waals surface area contributed by atoms with Gasteiger partial charge in [0, 0.05) is 36.8 Å². The van der Waals surface area contributed by atoms with Gasteiger partial charge in [-0.3, -0.25) is 9.89 Å². The maximum atomic E-state index is 11.5. The summed E-state index contributed by atoms with van der Waals surface area (Å²) in [4.78, 5) is 11.5. The summed E-state index contributed by atoms with van der Waals surface area (Å²) in [7, 11) is 3.67. The highest BCUT2D eigenvalue weighted by atomic mass is 16.1. The second-order valence-corrected chi connectivity index (χ2v) is 4.89. The van der Waals surface area contributed by atoms with Gasteiger partial charge in [0.15, 0.2) is 5.82 Å². The van der Waals surface area contributed by atoms with E-state index in [0.717, 1.165) is 16.5 Å². The number of fused-ring (bicyclic) bond motifs is 1. The van der Waals surface area contributed by atoms with Gasteiger partial charge in [-0.1, -0.05) is 5.92 Å². The molecule has 22 heavy (non-hydrogen) atoms. The summed E-state index contributed by atoms with van der Waals surface area (Å²) in [5.41, 5.74) is 8.05. The molecular formula is C16H15N5O. The van der Waals surface area contributed by atoms with E-state index in [2.05, 4.69) is 27.4 Å². The first-order valence-electron chi connectivity index (χ1n) is 6.73. The fourth-order valence-corrected chi connectivity index (χ4v) is 2.35. The molecule has 4 N–H and O–H groups in total. The van der Waals surface area contributed by atoms with Crippen molar-refractivity contribution in [1.29, 1.82) is 0 Å². The zero-order valence-corrected chi connectivity index (χ0v) is 12.3. The number of nitrogens with two attached hydrogens (primary N) is 1. The van der Waals surface area contributed by atoms with E-state index in [1.165, 1.54) is 0 Å². The van der Waals surface area contributed by atoms with Gasteiger partial charge >= 0.3 is 0 Å². The lowest BCUT2D eigenvalue weighted by Gasteiger charge is -1.97. The van der Waals surface area contributed by atoms with Gasteiger partial charge in [0.05, 0.1) is 0 Å². The molecule has 0 fully saturated rings. The first-order chi connectivity index (χ1) is 10.6. The van der Waals surface area contributed by atoms with Crippen LogP contribution in [0.25, 0.3) is 10.9 Å². The lowest BCUT2D eigenvalue weighted by atomic mass is 10.1. The van der Waals surface area contributed by atoms with E-state index in [-0.39, 0.29) is 5.56 Å². The fourth-order valence-electron chi connectivity index (χ4n) is 2.35. The minimum atomic E-state index is -0.569. The Hall–Kier alpha value is -3.20. The SMILES string of the molecule is CNc1n[nH]c(C#Cc2ccc3c(ccn3C)c2)c1C(N)=O. The lowest BCUT2D eigenvalue weighted by Crippen LogP contribution is -2.13. The monoisotopic (exact) mass is 293 g/mol. The van der Waals surface area contributed by atoms with Crippen LogP contribution in [-0.2, 0) is 7.05 Å². The summed E-state index contributed by atoms with van der Waals surface area (Å²) >= 11 is 0. The molecule has 0 radical (unpaired) electrons. The number of carbonyl (C=O) groups excluding carboxylic acids is 1. The summed E-state index contributed by atoms with van der Waals surface area (Å²) < 4.78 is 2.05. The number of rotatable bonds is 2. The standard InChI is InChI=1S/C16H15N5O/c1-18-16-14(15(17)22)12(19-20-16)5-3-10-4-6-13-11(9-10)7-8-21(13)2/h4,6-9H,1-2H3,(H2,17,22)(H2,18,19,20). The molecule has 0 atom stereocenters. The number of hydrogen-bond donors (Lipinski definition) is 3. The van der Waals surface area contributed by atoms with Gasteiger partial charge < -0.3 is 15.6 Å². The maximum absolute atomic E-state index is 11.5. The number of aromatic amines is 1. The molecule has 6 nitrogen and oxygen atoms in total. The van der Waals surface area contributed by atoms with Crippen LogP contribution >= 0.6 is 0 Å². The van der Waals surface area contributed by atoms with Crippen molar-refractivity contribution in [1.82, 2.24) is 14.8 Å². The third-order valence-corrected chi connectivity index (χ3v) is 3.47. The van der Waals surface area contributed by atoms with Crippen LogP contribution < -0.4 is 11.1 Å². The van der Waals surface area contributed by atoms with Gasteiger partial charge in [0.25, 0.3) is 5.91 Å². The van der Waals surface area contributed by atoms with Crippen molar-refractivity contribution in [3.63, 3.8) is 0 Å². The van der Waals surface area contributed by atoms with Crippen LogP contribution in [0.1, 0.15) is 21.6 Å². The number of anilines is 1. The van der Waals surface area contributed by atoms with Crippen LogP contribution in [0.2, 0.25) is 0 Å². The Morgan fingerprint density at radius 1 is 1.36 bits per heavy atom. The molecule has 0 spiro atoms. The summed E-state index contributed by atoms with van der Waals surface area (Å²) in [6, 6.07) is 7.99. The Labute approximate surface area is 127 Å². The molecule has 0 bridgehead atoms. The predicted molar refractivity (Wildman–Crippen MR) is 85.6 cm³/mol. The van der Waals surface area contributed by atoms with Crippen LogP contribution in [0.15, 0.2) is 30.5 Å². The van der Waals surface area contributed by atoms with E-state index in [1.54, 1.807) is 7.05 Å². The number of benzene rings is 1. The zero-order chi connectivity index (χ0) is 15.7. The molecule has 1 amide bonds. The highest BCUT2D eigenvalue weighted by molar-refractivity contribution is 5.99. The minimum Gasteiger partial charge on any atom is -0.371 e. The molecular weight excluding hydrogens is 278 g/mol. The van der Waals surface area contributed by atoms with Crippen molar-refractivity contribution in [3.8, 4) is 11.8 Å². The normalized spacial score (nSPS) is 10.3. The predicted octanol–water partition coefficient (Wildman–Crippen LogP) is 1.44. The molecule has 0 saturated carbocycles. The summed E-state index contributed by atoms with van der Waals surface area (Å²) in [6.07, 6.45) is 2.00. The quantitative estimate of drug-likeness (QED) is 0.625. The molecule has 2 aromatic heterocycles. The lowest BCUT2D eigenvalue weighted by molar-refractivity contribution is 0.100. The average molecular weight is 293 g/mol. The van der Waals surface area contributed by atoms with E-state index < -0.39 is 5.91 Å². The van der Waals surface area contributed by atoms with Crippen molar-refractivity contribution in [2.45, 2.75) is 0 Å². The smallest absolute Gasteiger partial charge is 0.255 e. The summed E-state index contributed by atoms with van der Waals surface area (Å²) in [6.45, 7) is 0. The van der Waals surface area contributed by atoms with Crippen molar-refractivity contribution in [2.24, 2.45) is 12.8 Å². The van der Waals surface area contributed by atoms with Crippen molar-refractivity contribution in [2.75, 3.05) is 12.4 Å². The Kier molecular flexibility index (Phi) is 3.31. The number of aryl methyl sites for hydroxylation is 1. The van der Waals surface area contributed by atoms with E-state index in [4.69, 9.17) is 5.73 Å². The number of nitrogens with zero attached hydrogens (tertiary/aromatic N) is 2. The van der Waals surface area contributed by atoms with Gasteiger partial charge in [0.1, 0.15) is 11.3 Å². The van der Waals surface area contributed by atoms with Gasteiger partial charge in [-0.05, 0) is 30.2 Å². The molecule has 2 heterocycles. The second-order valence-electron chi connectivity index (χ2n) is 4.89. The van der Waals surface area contributed by atoms with Crippen molar-refractivity contribution >= 4 is 22.6 Å². The van der Waals surface area contributed by atoms with Crippen LogP contribution in [0.5, 0.6) is 0 Å². The fraction of sp³-hybridized carbons (Fsp3) is 0.125. The van der Waals surface area contributed by atoms with Gasteiger partial charge in [-0.15, -0.1) is 0 Å². The van der Waals surface area contributed by atoms with Gasteiger partial charge in [0.2, 0.25) is 0 Å². The molecule has 0 aliphatic heterocycles. The number of H-pyrrole nitrogens is 1. The number of hydrogen-bond acceptors (Lipinski definition) is 3. The second kappa shape index (κ2) is 5.30. The number of carbonyl (C=O) groups is 1. The van der Waals surface area contributed by atoms with Crippen LogP contribution in [0.3, 0.4) is 0 Å². The number of nitrogens with one attached hydrogen (secondary N) is 2. The Bertz CT molecular complexity index is 923. The zero-order valence-electron chi connectivity index (χ0n) is 12.3. The van der Waals surface area contributed by atoms with Gasteiger partial charge in [-0.25, -0.2) is 0 Å². The molecule has 6 heteroatoms. The van der Waals surface area contributed by atoms with Gasteiger partial charge in [-0.2, -0.15) is 5.10 Å². The Morgan fingerprint density at radius 3 is 2.91 bits per heavy atom. The number of primary amides is 1. The molecule has 1 aromatic carbocycles. The highest BCUT2D eigenvalue weighted by Crippen LogP contribution is 2.17. The number of amides is 1. The maximum Gasteiger partial charge on any atom is 0.255 e. The minimum absolute atomic E-state index is 0.274. The molecule has 3 aromatic rings. The van der Waals surface area contributed by atoms with Crippen LogP contribution in [0, 0.1) is 11.8 Å². The number of aromatic nitrogens is 3. The molecule has 0 saturated heterocycles. The van der Waals surface area contributed by atoms with E-state index >= 15 is 0 Å². The summed E-state index contributed by atoms with van der Waals surface area (Å²) in [5.74, 6) is 5.78. The third kappa shape index (κ3) is 2.29. The molecule has 0 unspecified atom stereocenters. The Morgan fingerprint density at radius 2 is 2.18 bits per heavy atom. The van der Waals surface area contributed by atoms with Crippen molar-refractivity contribution in [3.05, 3.63) is 47.3 Å². The largest absolute Gasteiger partial charge is 0.371 e. The van der Waals surface area contributed by atoms with Crippen LogP contribution in [-0.4, -0.2) is 27.7 Å². The molecule has 0 aliphatic rings. The highest BCUT2D eigenvalue weighted by Gasteiger charge is 2.15.